The lowest BCUT2D eigenvalue weighted by atomic mass is 10.1. The van der Waals surface area contributed by atoms with Crippen molar-refractivity contribution >= 4 is 17.2 Å². The predicted octanol–water partition coefficient (Wildman–Crippen LogP) is 2.70. The lowest BCUT2D eigenvalue weighted by Gasteiger charge is -2.14. The summed E-state index contributed by atoms with van der Waals surface area (Å²) >= 11 is 1.73. The summed E-state index contributed by atoms with van der Waals surface area (Å²) in [6.45, 7) is 2.81. The Kier molecular flexibility index (Phi) is 5.19. The van der Waals surface area contributed by atoms with Gasteiger partial charge in [0, 0.05) is 17.5 Å². The van der Waals surface area contributed by atoms with Crippen molar-refractivity contribution in [2.45, 2.75) is 19.5 Å². The highest BCUT2D eigenvalue weighted by atomic mass is 32.1. The van der Waals surface area contributed by atoms with Gasteiger partial charge < -0.3 is 21.0 Å². The highest BCUT2D eigenvalue weighted by molar-refractivity contribution is 7.10. The van der Waals surface area contributed by atoms with Gasteiger partial charge in [-0.05, 0) is 36.1 Å². The van der Waals surface area contributed by atoms with Gasteiger partial charge in [0.1, 0.15) is 5.75 Å². The zero-order valence-corrected chi connectivity index (χ0v) is 12.9. The van der Waals surface area contributed by atoms with Crippen molar-refractivity contribution < 1.29 is 9.94 Å². The minimum atomic E-state index is 0.0417. The van der Waals surface area contributed by atoms with Crippen LogP contribution in [0.3, 0.4) is 0 Å². The smallest absolute Gasteiger partial charge is 0.173 e. The monoisotopic (exact) mass is 305 g/mol. The number of methoxy groups -OCH3 is 1. The molecule has 4 N–H and O–H groups in total. The van der Waals surface area contributed by atoms with Gasteiger partial charge in [-0.2, -0.15) is 0 Å². The van der Waals surface area contributed by atoms with Gasteiger partial charge in [-0.3, -0.25) is 0 Å². The van der Waals surface area contributed by atoms with Crippen molar-refractivity contribution in [3.8, 4) is 5.75 Å². The lowest BCUT2D eigenvalue weighted by molar-refractivity contribution is 0.318. The van der Waals surface area contributed by atoms with Crippen LogP contribution in [0.25, 0.3) is 0 Å². The van der Waals surface area contributed by atoms with E-state index in [0.717, 1.165) is 5.56 Å². The zero-order valence-electron chi connectivity index (χ0n) is 12.0. The molecule has 1 aromatic heterocycles. The normalized spacial score (nSPS) is 13.1. The van der Waals surface area contributed by atoms with E-state index in [1.165, 1.54) is 4.88 Å². The van der Waals surface area contributed by atoms with Gasteiger partial charge in [0.25, 0.3) is 0 Å². The van der Waals surface area contributed by atoms with Crippen molar-refractivity contribution in [1.82, 2.24) is 5.32 Å². The largest absolute Gasteiger partial charge is 0.496 e. The van der Waals surface area contributed by atoms with Crippen molar-refractivity contribution in [1.29, 1.82) is 0 Å². The minimum absolute atomic E-state index is 0.0417. The molecule has 0 spiro atoms. The topological polar surface area (TPSA) is 79.9 Å². The van der Waals surface area contributed by atoms with Gasteiger partial charge in [-0.25, -0.2) is 0 Å². The van der Waals surface area contributed by atoms with Crippen LogP contribution >= 0.6 is 11.3 Å². The van der Waals surface area contributed by atoms with Crippen molar-refractivity contribution in [3.05, 3.63) is 51.7 Å². The van der Waals surface area contributed by atoms with E-state index in [0.29, 0.717) is 17.9 Å². The Bertz CT molecular complexity index is 611. The van der Waals surface area contributed by atoms with E-state index in [9.17, 15) is 0 Å². The third kappa shape index (κ3) is 3.74. The fourth-order valence-corrected chi connectivity index (χ4v) is 2.79. The number of amidine groups is 1. The fraction of sp³-hybridized carbons (Fsp3) is 0.267. The summed E-state index contributed by atoms with van der Waals surface area (Å²) < 4.78 is 5.22. The van der Waals surface area contributed by atoms with Crippen molar-refractivity contribution in [2.75, 3.05) is 7.11 Å². The third-order valence-electron chi connectivity index (χ3n) is 3.23. The highest BCUT2D eigenvalue weighted by Gasteiger charge is 2.10. The summed E-state index contributed by atoms with van der Waals surface area (Å²) in [5, 5.41) is 17.4. The maximum atomic E-state index is 8.84. The van der Waals surface area contributed by atoms with E-state index in [4.69, 9.17) is 15.7 Å². The van der Waals surface area contributed by atoms with Crippen LogP contribution in [0.2, 0.25) is 0 Å². The van der Waals surface area contributed by atoms with E-state index >= 15 is 0 Å². The van der Waals surface area contributed by atoms with Crippen LogP contribution in [0.4, 0.5) is 0 Å². The molecule has 2 rings (SSSR count). The lowest BCUT2D eigenvalue weighted by Crippen LogP contribution is -2.19. The number of ether oxygens (including phenoxy) is 1. The molecule has 0 radical (unpaired) electrons. The number of hydrogen-bond donors (Lipinski definition) is 3. The molecule has 112 valence electrons. The number of thiophene rings is 1. The van der Waals surface area contributed by atoms with Crippen LogP contribution in [-0.4, -0.2) is 18.2 Å². The molecule has 0 aliphatic rings. The molecule has 21 heavy (non-hydrogen) atoms. The average Bonchev–Trinajstić information content (AvgIpc) is 3.06. The Labute approximate surface area is 128 Å². The molecular formula is C15H19N3O2S. The van der Waals surface area contributed by atoms with Gasteiger partial charge >= 0.3 is 0 Å². The second kappa shape index (κ2) is 7.10. The summed E-state index contributed by atoms with van der Waals surface area (Å²) in [6, 6.07) is 10.1. The molecule has 1 heterocycles. The highest BCUT2D eigenvalue weighted by Crippen LogP contribution is 2.21. The van der Waals surface area contributed by atoms with E-state index in [2.05, 4.69) is 28.8 Å². The summed E-state index contributed by atoms with van der Waals surface area (Å²) in [5.41, 5.74) is 7.30. The second-order valence-corrected chi connectivity index (χ2v) is 5.62. The quantitative estimate of drug-likeness (QED) is 0.332. The Morgan fingerprint density at radius 1 is 1.48 bits per heavy atom. The Morgan fingerprint density at radius 3 is 2.90 bits per heavy atom. The summed E-state index contributed by atoms with van der Waals surface area (Å²) in [4.78, 5) is 1.29. The van der Waals surface area contributed by atoms with Gasteiger partial charge in [-0.15, -0.1) is 11.3 Å². The molecule has 0 bridgehead atoms. The van der Waals surface area contributed by atoms with E-state index < -0.39 is 0 Å². The molecule has 0 fully saturated rings. The molecular weight excluding hydrogens is 286 g/mol. The minimum Gasteiger partial charge on any atom is -0.496 e. The first kappa shape index (κ1) is 15.3. The van der Waals surface area contributed by atoms with Crippen molar-refractivity contribution in [2.24, 2.45) is 10.9 Å². The molecule has 1 aromatic carbocycles. The molecule has 0 unspecified atom stereocenters. The van der Waals surface area contributed by atoms with Crippen LogP contribution < -0.4 is 15.8 Å². The van der Waals surface area contributed by atoms with Crippen LogP contribution in [0.5, 0.6) is 5.75 Å². The number of benzene rings is 1. The van der Waals surface area contributed by atoms with Crippen LogP contribution in [-0.2, 0) is 6.54 Å². The first-order valence-electron chi connectivity index (χ1n) is 6.57. The second-order valence-electron chi connectivity index (χ2n) is 4.64. The first-order valence-corrected chi connectivity index (χ1v) is 7.45. The number of nitrogens with zero attached hydrogens (tertiary/aromatic N) is 1. The maximum absolute atomic E-state index is 8.84. The van der Waals surface area contributed by atoms with Gasteiger partial charge in [0.15, 0.2) is 5.84 Å². The fourth-order valence-electron chi connectivity index (χ4n) is 2.03. The Balaban J connectivity index is 2.10. The Morgan fingerprint density at radius 2 is 2.29 bits per heavy atom. The molecule has 0 aliphatic heterocycles. The van der Waals surface area contributed by atoms with Crippen molar-refractivity contribution in [3.63, 3.8) is 0 Å². The molecule has 0 amide bonds. The van der Waals surface area contributed by atoms with E-state index in [1.807, 2.05) is 24.3 Å². The van der Waals surface area contributed by atoms with Gasteiger partial charge in [-0.1, -0.05) is 17.3 Å². The number of oxime groups is 1. The average molecular weight is 305 g/mol. The number of hydrogen-bond acceptors (Lipinski definition) is 5. The molecule has 2 aromatic rings. The van der Waals surface area contributed by atoms with Gasteiger partial charge in [0.2, 0.25) is 0 Å². The van der Waals surface area contributed by atoms with Gasteiger partial charge in [0.05, 0.1) is 12.7 Å². The number of nitrogens with one attached hydrogen (secondary N) is 1. The SMILES string of the molecule is COc1ccc(CN[C@@H](C)c2cccs2)cc1/C(N)=N/O. The summed E-state index contributed by atoms with van der Waals surface area (Å²) in [7, 11) is 1.56. The van der Waals surface area contributed by atoms with Crippen LogP contribution in [0.15, 0.2) is 40.9 Å². The molecule has 6 heteroatoms. The Hall–Kier alpha value is -2.05. The molecule has 0 saturated heterocycles. The third-order valence-corrected chi connectivity index (χ3v) is 4.28. The molecule has 0 saturated carbocycles. The number of nitrogens with two attached hydrogens (primary N) is 1. The van der Waals surface area contributed by atoms with E-state index in [-0.39, 0.29) is 11.9 Å². The summed E-state index contributed by atoms with van der Waals surface area (Å²) in [6.07, 6.45) is 0. The van der Waals surface area contributed by atoms with Crippen LogP contribution in [0.1, 0.15) is 29.0 Å². The summed E-state index contributed by atoms with van der Waals surface area (Å²) in [5.74, 6) is 0.625. The predicted molar refractivity (Wildman–Crippen MR) is 85.1 cm³/mol. The van der Waals surface area contributed by atoms with Crippen LogP contribution in [0, 0.1) is 0 Å². The maximum Gasteiger partial charge on any atom is 0.173 e. The van der Waals surface area contributed by atoms with E-state index in [1.54, 1.807) is 18.4 Å². The molecule has 1 atom stereocenters. The first-order chi connectivity index (χ1) is 10.2. The number of rotatable bonds is 6. The molecule has 5 nitrogen and oxygen atoms in total. The zero-order chi connectivity index (χ0) is 15.2. The molecule has 0 aliphatic carbocycles. The standard InChI is InChI=1S/C15H19N3O2S/c1-10(14-4-3-7-21-14)17-9-11-5-6-13(20-2)12(8-11)15(16)18-19/h3-8,10,17,19H,9H2,1-2H3,(H2,16,18)/t10-/m0/s1.